The molecule has 0 saturated heterocycles. The average Bonchev–Trinajstić information content (AvgIpc) is 1.86. The fourth-order valence-corrected chi connectivity index (χ4v) is 0.573. The molecule has 1 rings (SSSR count). The number of Topliss-reactive ketones (excluding diaryl/α,β-unsaturated/α-hetero) is 1. The Labute approximate surface area is 46.3 Å². The molecule has 0 unspecified atom stereocenters. The smallest absolute Gasteiger partial charge is 0.244 e. The van der Waals surface area contributed by atoms with E-state index in [0.29, 0.717) is 0 Å². The van der Waals surface area contributed by atoms with Gasteiger partial charge in [-0.3, -0.25) is 4.79 Å². The normalized spacial score (nSPS) is 24.5. The lowest BCUT2D eigenvalue weighted by atomic mass is 10.2. The van der Waals surface area contributed by atoms with Gasteiger partial charge < -0.3 is 10.2 Å². The predicted molar refractivity (Wildman–Crippen MR) is 25.9 cm³/mol. The van der Waals surface area contributed by atoms with Crippen LogP contribution < -0.4 is 0 Å². The number of carbonyl (C=O) groups is 1. The Bertz CT molecular complexity index is 146. The van der Waals surface area contributed by atoms with Crippen molar-refractivity contribution in [2.75, 3.05) is 0 Å². The van der Waals surface area contributed by atoms with Gasteiger partial charge >= 0.3 is 0 Å². The Morgan fingerprint density at radius 2 is 2.25 bits per heavy atom. The maximum absolute atomic E-state index is 10.3. The second-order valence-corrected chi connectivity index (χ2v) is 1.76. The Kier molecular flexibility index (Phi) is 0.957. The minimum atomic E-state index is -2.17. The minimum absolute atomic E-state index is 0.132. The topological polar surface area (TPSA) is 57.5 Å². The van der Waals surface area contributed by atoms with Crippen LogP contribution in [0.4, 0.5) is 0 Å². The van der Waals surface area contributed by atoms with E-state index in [-0.39, 0.29) is 6.42 Å². The van der Waals surface area contributed by atoms with Crippen LogP contribution in [0.3, 0.4) is 0 Å². The summed E-state index contributed by atoms with van der Waals surface area (Å²) >= 11 is 0. The van der Waals surface area contributed by atoms with Gasteiger partial charge in [0.05, 0.1) is 0 Å². The molecule has 44 valence electrons. The van der Waals surface area contributed by atoms with Crippen molar-refractivity contribution in [3.8, 4) is 0 Å². The molecule has 0 aromatic rings. The summed E-state index contributed by atoms with van der Waals surface area (Å²) in [5.74, 6) is -2.72. The molecule has 3 heteroatoms. The molecule has 0 bridgehead atoms. The molecule has 0 amide bonds. The van der Waals surface area contributed by atoms with E-state index >= 15 is 0 Å². The van der Waals surface area contributed by atoms with Gasteiger partial charge in [-0.25, -0.2) is 0 Å². The number of hydrogen-bond donors (Lipinski definition) is 2. The second-order valence-electron chi connectivity index (χ2n) is 1.76. The highest BCUT2D eigenvalue weighted by Crippen LogP contribution is 2.13. The zero-order chi connectivity index (χ0) is 6.20. The fourth-order valence-electron chi connectivity index (χ4n) is 0.573. The first kappa shape index (κ1) is 5.47. The summed E-state index contributed by atoms with van der Waals surface area (Å²) in [5.41, 5.74) is 0. The molecule has 0 aromatic heterocycles. The molecule has 3 nitrogen and oxygen atoms in total. The van der Waals surface area contributed by atoms with Crippen LogP contribution in [-0.2, 0) is 4.79 Å². The van der Waals surface area contributed by atoms with Gasteiger partial charge in [0, 0.05) is 6.42 Å². The van der Waals surface area contributed by atoms with Crippen molar-refractivity contribution < 1.29 is 15.0 Å². The summed E-state index contributed by atoms with van der Waals surface area (Å²) in [6.07, 6.45) is 2.64. The summed E-state index contributed by atoms with van der Waals surface area (Å²) in [4.78, 5) is 10.3. The summed E-state index contributed by atoms with van der Waals surface area (Å²) in [7, 11) is 0. The van der Waals surface area contributed by atoms with E-state index in [4.69, 9.17) is 10.2 Å². The van der Waals surface area contributed by atoms with Crippen molar-refractivity contribution in [2.24, 2.45) is 0 Å². The van der Waals surface area contributed by atoms with E-state index in [1.54, 1.807) is 0 Å². The number of allylic oxidation sites excluding steroid dienone is 1. The van der Waals surface area contributed by atoms with Crippen LogP contribution in [0.25, 0.3) is 0 Å². The fraction of sp³-hybridized carbons (Fsp3) is 0.400. The van der Waals surface area contributed by atoms with Gasteiger partial charge in [-0.05, 0) is 6.08 Å². The monoisotopic (exact) mass is 114 g/mol. The summed E-state index contributed by atoms with van der Waals surface area (Å²) < 4.78 is 0. The van der Waals surface area contributed by atoms with E-state index in [0.717, 1.165) is 6.08 Å². The van der Waals surface area contributed by atoms with Crippen molar-refractivity contribution in [1.82, 2.24) is 0 Å². The predicted octanol–water partition coefficient (Wildman–Crippen LogP) is -0.804. The largest absolute Gasteiger partial charge is 0.356 e. The molecule has 0 aromatic carbocycles. The highest BCUT2D eigenvalue weighted by molar-refractivity contribution is 5.91. The van der Waals surface area contributed by atoms with Crippen LogP contribution in [0.1, 0.15) is 6.42 Å². The molecule has 1 aliphatic carbocycles. The molecule has 0 radical (unpaired) electrons. The maximum Gasteiger partial charge on any atom is 0.244 e. The van der Waals surface area contributed by atoms with Crippen LogP contribution in [0.2, 0.25) is 0 Å². The second kappa shape index (κ2) is 1.40. The molecule has 0 aliphatic heterocycles. The van der Waals surface area contributed by atoms with E-state index in [1.165, 1.54) is 6.08 Å². The lowest BCUT2D eigenvalue weighted by molar-refractivity contribution is -0.161. The SMILES string of the molecule is O=C1CC=CC1(O)O. The number of carbonyl (C=O) groups excluding carboxylic acids is 1. The van der Waals surface area contributed by atoms with Crippen molar-refractivity contribution in [3.63, 3.8) is 0 Å². The average molecular weight is 114 g/mol. The first-order chi connectivity index (χ1) is 3.63. The molecule has 0 heterocycles. The quantitative estimate of drug-likeness (QED) is 0.320. The van der Waals surface area contributed by atoms with E-state index in [1.807, 2.05) is 0 Å². The highest BCUT2D eigenvalue weighted by Gasteiger charge is 2.32. The number of aliphatic hydroxyl groups is 2. The molecule has 2 N–H and O–H groups in total. The van der Waals surface area contributed by atoms with Crippen LogP contribution in [0.15, 0.2) is 12.2 Å². The third-order valence-electron chi connectivity index (χ3n) is 1.06. The Morgan fingerprint density at radius 3 is 2.38 bits per heavy atom. The maximum atomic E-state index is 10.3. The number of rotatable bonds is 0. The third kappa shape index (κ3) is 0.657. The summed E-state index contributed by atoms with van der Waals surface area (Å²) in [5, 5.41) is 17.2. The first-order valence-corrected chi connectivity index (χ1v) is 2.29. The van der Waals surface area contributed by atoms with Gasteiger partial charge in [-0.2, -0.15) is 0 Å². The van der Waals surface area contributed by atoms with Gasteiger partial charge in [0.15, 0.2) is 5.78 Å². The van der Waals surface area contributed by atoms with E-state index in [2.05, 4.69) is 0 Å². The molecule has 8 heavy (non-hydrogen) atoms. The molecule has 1 aliphatic rings. The van der Waals surface area contributed by atoms with Crippen LogP contribution in [0, 0.1) is 0 Å². The van der Waals surface area contributed by atoms with Crippen molar-refractivity contribution in [3.05, 3.63) is 12.2 Å². The number of ketones is 1. The molecular weight excluding hydrogens is 108 g/mol. The lowest BCUT2D eigenvalue weighted by Gasteiger charge is -2.07. The van der Waals surface area contributed by atoms with Crippen LogP contribution in [0.5, 0.6) is 0 Å². The zero-order valence-electron chi connectivity index (χ0n) is 4.16. The zero-order valence-corrected chi connectivity index (χ0v) is 4.16. The van der Waals surface area contributed by atoms with E-state index in [9.17, 15) is 4.79 Å². The molecule has 0 saturated carbocycles. The van der Waals surface area contributed by atoms with Gasteiger partial charge in [0.1, 0.15) is 0 Å². The molecule has 0 spiro atoms. The Morgan fingerprint density at radius 1 is 1.62 bits per heavy atom. The standard InChI is InChI=1S/C5H6O3/c6-4-2-1-3-5(4,7)8/h1,3,7-8H,2H2. The van der Waals surface area contributed by atoms with Gasteiger partial charge in [0.2, 0.25) is 5.79 Å². The lowest BCUT2D eigenvalue weighted by Crippen LogP contribution is -2.31. The number of hydrogen-bond acceptors (Lipinski definition) is 3. The molecule has 0 atom stereocenters. The summed E-state index contributed by atoms with van der Waals surface area (Å²) in [6, 6.07) is 0. The van der Waals surface area contributed by atoms with Crippen molar-refractivity contribution >= 4 is 5.78 Å². The van der Waals surface area contributed by atoms with Crippen molar-refractivity contribution in [2.45, 2.75) is 12.2 Å². The first-order valence-electron chi connectivity index (χ1n) is 2.29. The van der Waals surface area contributed by atoms with Crippen LogP contribution in [-0.4, -0.2) is 21.8 Å². The Hall–Kier alpha value is -0.670. The summed E-state index contributed by atoms with van der Waals surface area (Å²) in [6.45, 7) is 0. The van der Waals surface area contributed by atoms with Gasteiger partial charge in [-0.15, -0.1) is 0 Å². The van der Waals surface area contributed by atoms with Gasteiger partial charge in [0.25, 0.3) is 0 Å². The third-order valence-corrected chi connectivity index (χ3v) is 1.06. The highest BCUT2D eigenvalue weighted by atomic mass is 16.5. The Balaban J connectivity index is 2.82. The van der Waals surface area contributed by atoms with Gasteiger partial charge in [-0.1, -0.05) is 6.08 Å². The van der Waals surface area contributed by atoms with E-state index < -0.39 is 11.6 Å². The molecule has 0 fully saturated rings. The minimum Gasteiger partial charge on any atom is -0.356 e. The van der Waals surface area contributed by atoms with Crippen molar-refractivity contribution in [1.29, 1.82) is 0 Å². The molecular formula is C5H6O3. The van der Waals surface area contributed by atoms with Crippen LogP contribution >= 0.6 is 0 Å².